The number of oxazole rings is 1. The molecule has 1 saturated carbocycles. The largest absolute Gasteiger partial charge is 0.508 e. The standard InChI is InChI=1S/C40H45N5O6/c1-22-18-31-36(34(25-6-10-28(47)11-7-25)33(22)37(39(48)49)51-40(3,4)5)50-38(42-31)30-12-13-32-35(41-30)29(21-45(32)26-8-9-26)24-14-16-43(17-15-24)27-19-44(20-27)23(2)46/h6-7,10-13,18,21,24,26-27,37,47H,8-9,14-17,19-20H2,1-5H3,(H,48,49). The van der Waals surface area contributed by atoms with Gasteiger partial charge >= 0.3 is 5.97 Å². The molecular formula is C40H45N5O6. The fourth-order valence-electron chi connectivity index (χ4n) is 7.90. The Morgan fingerprint density at radius 1 is 0.980 bits per heavy atom. The number of carboxylic acids is 1. The number of ether oxygens (including phenoxy) is 1. The average molecular weight is 692 g/mol. The zero-order chi connectivity index (χ0) is 35.8. The summed E-state index contributed by atoms with van der Waals surface area (Å²) in [7, 11) is 0. The van der Waals surface area contributed by atoms with Crippen molar-refractivity contribution in [2.45, 2.75) is 90.0 Å². The molecule has 2 N–H and O–H groups in total. The molecule has 2 aromatic carbocycles. The van der Waals surface area contributed by atoms with Gasteiger partial charge in [-0.3, -0.25) is 9.69 Å². The van der Waals surface area contributed by atoms with Crippen LogP contribution in [-0.2, 0) is 14.3 Å². The summed E-state index contributed by atoms with van der Waals surface area (Å²) in [5, 5.41) is 20.5. The fourth-order valence-corrected chi connectivity index (χ4v) is 7.90. The molecular weight excluding hydrogens is 646 g/mol. The van der Waals surface area contributed by atoms with E-state index in [1.165, 1.54) is 18.4 Å². The number of hydrogen-bond donors (Lipinski definition) is 2. The van der Waals surface area contributed by atoms with Gasteiger partial charge in [-0.15, -0.1) is 0 Å². The molecule has 1 aliphatic carbocycles. The number of rotatable bonds is 8. The van der Waals surface area contributed by atoms with Crippen LogP contribution in [0.3, 0.4) is 0 Å². The molecule has 0 spiro atoms. The van der Waals surface area contributed by atoms with Gasteiger partial charge in [0.25, 0.3) is 0 Å². The third-order valence-corrected chi connectivity index (χ3v) is 10.7. The lowest BCUT2D eigenvalue weighted by molar-refractivity contribution is -0.160. The number of piperidine rings is 1. The van der Waals surface area contributed by atoms with E-state index in [0.717, 1.165) is 50.1 Å². The molecule has 3 fully saturated rings. The molecule has 2 aliphatic heterocycles. The third-order valence-electron chi connectivity index (χ3n) is 10.7. The summed E-state index contributed by atoms with van der Waals surface area (Å²) in [5.41, 5.74) is 6.68. The van der Waals surface area contributed by atoms with E-state index in [0.29, 0.717) is 62.9 Å². The van der Waals surface area contributed by atoms with Crippen LogP contribution in [-0.4, -0.2) is 84.2 Å². The van der Waals surface area contributed by atoms with Crippen LogP contribution in [0.2, 0.25) is 0 Å². The van der Waals surface area contributed by atoms with Crippen LogP contribution in [0.25, 0.3) is 44.8 Å². The van der Waals surface area contributed by atoms with E-state index in [1.807, 2.05) is 44.7 Å². The number of aromatic nitrogens is 3. The molecule has 5 heterocycles. The van der Waals surface area contributed by atoms with E-state index >= 15 is 0 Å². The van der Waals surface area contributed by atoms with Crippen molar-refractivity contribution < 1.29 is 29.0 Å². The number of carboxylic acid groups (broad SMARTS) is 1. The summed E-state index contributed by atoms with van der Waals surface area (Å²) in [5.74, 6) is -0.124. The molecule has 1 atom stereocenters. The van der Waals surface area contributed by atoms with Crippen molar-refractivity contribution in [1.29, 1.82) is 0 Å². The molecule has 11 nitrogen and oxygen atoms in total. The Morgan fingerprint density at radius 2 is 1.69 bits per heavy atom. The van der Waals surface area contributed by atoms with Crippen molar-refractivity contribution in [3.8, 4) is 28.5 Å². The minimum Gasteiger partial charge on any atom is -0.508 e. The maximum absolute atomic E-state index is 12.7. The van der Waals surface area contributed by atoms with Gasteiger partial charge < -0.3 is 28.8 Å². The highest BCUT2D eigenvalue weighted by atomic mass is 16.5. The van der Waals surface area contributed by atoms with Gasteiger partial charge in [-0.2, -0.15) is 0 Å². The highest BCUT2D eigenvalue weighted by Gasteiger charge is 2.37. The Labute approximate surface area is 296 Å². The number of aromatic hydroxyl groups is 1. The number of phenols is 1. The van der Waals surface area contributed by atoms with Gasteiger partial charge in [-0.05, 0) is 119 Å². The van der Waals surface area contributed by atoms with Crippen LogP contribution in [0.15, 0.2) is 53.1 Å². The monoisotopic (exact) mass is 691 g/mol. The Bertz CT molecular complexity index is 2140. The molecule has 0 radical (unpaired) electrons. The number of likely N-dealkylation sites (tertiary alicyclic amines) is 2. The molecule has 1 amide bonds. The van der Waals surface area contributed by atoms with Crippen molar-refractivity contribution in [2.24, 2.45) is 0 Å². The number of aryl methyl sites for hydroxylation is 1. The summed E-state index contributed by atoms with van der Waals surface area (Å²) >= 11 is 0. The van der Waals surface area contributed by atoms with Crippen molar-refractivity contribution in [3.05, 3.63) is 65.4 Å². The SMILES string of the molecule is CC(=O)N1CC(N2CCC(c3cn(C4CC4)c4ccc(-c5nc6cc(C)c(C(OC(C)(C)C)C(=O)O)c(-c7ccc(O)cc7)c6o5)nc34)CC2)C1. The number of fused-ring (bicyclic) bond motifs is 2. The fraction of sp³-hybridized carbons (Fsp3) is 0.450. The predicted molar refractivity (Wildman–Crippen MR) is 194 cm³/mol. The second kappa shape index (κ2) is 12.5. The Balaban J connectivity index is 1.19. The summed E-state index contributed by atoms with van der Waals surface area (Å²) < 4.78 is 15.1. The minimum atomic E-state index is -1.27. The third kappa shape index (κ3) is 6.27. The number of carbonyl (C=O) groups is 2. The highest BCUT2D eigenvalue weighted by Crippen LogP contribution is 2.44. The number of carbonyl (C=O) groups excluding carboxylic acids is 1. The topological polar surface area (TPSA) is 134 Å². The first-order chi connectivity index (χ1) is 24.3. The van der Waals surface area contributed by atoms with Gasteiger partial charge in [0.2, 0.25) is 11.8 Å². The van der Waals surface area contributed by atoms with Crippen LogP contribution in [0.5, 0.6) is 5.75 Å². The van der Waals surface area contributed by atoms with E-state index < -0.39 is 17.7 Å². The first kappa shape index (κ1) is 33.4. The first-order valence-corrected chi connectivity index (χ1v) is 18.0. The van der Waals surface area contributed by atoms with E-state index in [-0.39, 0.29) is 11.7 Å². The number of nitrogens with zero attached hydrogens (tertiary/aromatic N) is 5. The Hall–Kier alpha value is -4.74. The smallest absolute Gasteiger partial charge is 0.337 e. The normalized spacial score (nSPS) is 18.4. The lowest BCUT2D eigenvalue weighted by atomic mass is 9.89. The second-order valence-corrected chi connectivity index (χ2v) is 15.5. The quantitative estimate of drug-likeness (QED) is 0.173. The van der Waals surface area contributed by atoms with Crippen LogP contribution in [0, 0.1) is 6.92 Å². The van der Waals surface area contributed by atoms with E-state index in [4.69, 9.17) is 19.1 Å². The highest BCUT2D eigenvalue weighted by molar-refractivity contribution is 5.97. The van der Waals surface area contributed by atoms with E-state index in [9.17, 15) is 19.8 Å². The molecule has 2 saturated heterocycles. The molecule has 3 aliphatic rings. The molecule has 5 aromatic rings. The van der Waals surface area contributed by atoms with Crippen molar-refractivity contribution in [2.75, 3.05) is 26.2 Å². The number of aliphatic carboxylic acids is 1. The zero-order valence-electron chi connectivity index (χ0n) is 29.8. The number of hydrogen-bond acceptors (Lipinski definition) is 8. The van der Waals surface area contributed by atoms with Crippen LogP contribution in [0.1, 0.15) is 88.1 Å². The molecule has 11 heteroatoms. The molecule has 1 unspecified atom stereocenters. The van der Waals surface area contributed by atoms with Crippen molar-refractivity contribution in [1.82, 2.24) is 24.3 Å². The minimum absolute atomic E-state index is 0.1000. The van der Waals surface area contributed by atoms with Crippen molar-refractivity contribution >= 4 is 34.0 Å². The summed E-state index contributed by atoms with van der Waals surface area (Å²) in [4.78, 5) is 39.1. The van der Waals surface area contributed by atoms with E-state index in [2.05, 4.69) is 21.7 Å². The summed E-state index contributed by atoms with van der Waals surface area (Å²) in [6.07, 6.45) is 5.46. The van der Waals surface area contributed by atoms with E-state index in [1.54, 1.807) is 31.2 Å². The lowest BCUT2D eigenvalue weighted by Crippen LogP contribution is -2.61. The zero-order valence-corrected chi connectivity index (χ0v) is 29.8. The predicted octanol–water partition coefficient (Wildman–Crippen LogP) is 7.21. The van der Waals surface area contributed by atoms with Crippen LogP contribution >= 0.6 is 0 Å². The van der Waals surface area contributed by atoms with Gasteiger partial charge in [0, 0.05) is 49.4 Å². The van der Waals surface area contributed by atoms with Gasteiger partial charge in [0.05, 0.1) is 16.6 Å². The van der Waals surface area contributed by atoms with Gasteiger partial charge in [0.15, 0.2) is 11.7 Å². The molecule has 0 bridgehead atoms. The van der Waals surface area contributed by atoms with Gasteiger partial charge in [-0.1, -0.05) is 12.1 Å². The maximum Gasteiger partial charge on any atom is 0.337 e. The number of pyridine rings is 1. The molecule has 266 valence electrons. The van der Waals surface area contributed by atoms with Gasteiger partial charge in [0.1, 0.15) is 17.0 Å². The second-order valence-electron chi connectivity index (χ2n) is 15.5. The summed E-state index contributed by atoms with van der Waals surface area (Å²) in [6.45, 7) is 12.6. The van der Waals surface area contributed by atoms with Gasteiger partial charge in [-0.25, -0.2) is 14.8 Å². The lowest BCUT2D eigenvalue weighted by Gasteiger charge is -2.47. The average Bonchev–Trinajstić information content (AvgIpc) is 3.70. The van der Waals surface area contributed by atoms with Crippen LogP contribution in [0.4, 0.5) is 0 Å². The maximum atomic E-state index is 12.7. The van der Waals surface area contributed by atoms with Crippen LogP contribution < -0.4 is 0 Å². The molecule has 3 aromatic heterocycles. The number of phenolic OH excluding ortho intramolecular Hbond substituents is 1. The van der Waals surface area contributed by atoms with Crippen molar-refractivity contribution in [3.63, 3.8) is 0 Å². The Kier molecular flexibility index (Phi) is 8.18. The molecule has 8 rings (SSSR count). The molecule has 51 heavy (non-hydrogen) atoms. The number of amides is 1. The Morgan fingerprint density at radius 3 is 2.31 bits per heavy atom. The number of benzene rings is 2. The summed E-state index contributed by atoms with van der Waals surface area (Å²) in [6, 6.07) is 13.5. The first-order valence-electron chi connectivity index (χ1n) is 18.0.